The second-order valence-corrected chi connectivity index (χ2v) is 12.0. The number of unbranched alkanes of at least 4 members (excludes halogenated alkanes) is 2. The van der Waals surface area contributed by atoms with Gasteiger partial charge in [0.15, 0.2) is 0 Å². The van der Waals surface area contributed by atoms with Crippen LogP contribution in [-0.2, 0) is 17.6 Å². The maximum absolute atomic E-state index is 6.61. The average Bonchev–Trinajstić information content (AvgIpc) is 2.79. The molecular weight excluding hydrogens is 638 g/mol. The number of aryl methyl sites for hydroxylation is 2. The third kappa shape index (κ3) is 5.66. The van der Waals surface area contributed by atoms with Crippen LogP contribution >= 0.6 is 45.2 Å². The van der Waals surface area contributed by atoms with Crippen molar-refractivity contribution in [1.29, 1.82) is 0 Å². The predicted octanol–water partition coefficient (Wildman–Crippen LogP) is 8.95. The van der Waals surface area contributed by atoms with Crippen LogP contribution in [0.15, 0.2) is 24.3 Å². The van der Waals surface area contributed by atoms with E-state index >= 15 is 0 Å². The summed E-state index contributed by atoms with van der Waals surface area (Å²) < 4.78 is 22.0. The van der Waals surface area contributed by atoms with Gasteiger partial charge in [0.1, 0.15) is 11.5 Å². The fourth-order valence-electron chi connectivity index (χ4n) is 4.75. The molecule has 180 valence electrons. The fraction of sp³-hybridized carbons (Fsp3) is 0.571. The van der Waals surface area contributed by atoms with Crippen LogP contribution in [0.5, 0.6) is 11.5 Å². The molecule has 2 unspecified atom stereocenters. The van der Waals surface area contributed by atoms with Crippen LogP contribution in [0.2, 0.25) is 0 Å². The van der Waals surface area contributed by atoms with E-state index in [4.69, 9.17) is 14.2 Å². The van der Waals surface area contributed by atoms with Gasteiger partial charge in [0.25, 0.3) is 0 Å². The topological polar surface area (TPSA) is 27.7 Å². The number of hydrogen-bond acceptors (Lipinski definition) is 3. The minimum Gasteiger partial charge on any atom is -0.459 e. The SMILES string of the molecule is CC(C)c1cc(CCCCI)cc2c1OC1OC2Oc2c(C(C)C)cc(CCCCI)cc21. The molecule has 2 aromatic rings. The molecule has 33 heavy (non-hydrogen) atoms. The van der Waals surface area contributed by atoms with Gasteiger partial charge in [-0.2, -0.15) is 0 Å². The van der Waals surface area contributed by atoms with E-state index in [2.05, 4.69) is 97.1 Å². The Labute approximate surface area is 226 Å². The van der Waals surface area contributed by atoms with E-state index in [1.807, 2.05) is 0 Å². The summed E-state index contributed by atoms with van der Waals surface area (Å²) in [5.74, 6) is 2.70. The van der Waals surface area contributed by atoms with E-state index in [1.54, 1.807) is 0 Å². The van der Waals surface area contributed by atoms with Crippen molar-refractivity contribution >= 4 is 45.2 Å². The molecule has 2 bridgehead atoms. The van der Waals surface area contributed by atoms with Crippen molar-refractivity contribution in [2.75, 3.05) is 8.86 Å². The minimum absolute atomic E-state index is 0.382. The Hall–Kier alpha value is -0.540. The lowest BCUT2D eigenvalue weighted by Gasteiger charge is -2.40. The van der Waals surface area contributed by atoms with Crippen molar-refractivity contribution in [3.63, 3.8) is 0 Å². The van der Waals surface area contributed by atoms with Gasteiger partial charge in [0, 0.05) is 0 Å². The number of ether oxygens (including phenoxy) is 3. The van der Waals surface area contributed by atoms with Gasteiger partial charge in [-0.3, -0.25) is 4.74 Å². The molecule has 5 heteroatoms. The standard InChI is InChI=1S/C28H36I2O3/c1-17(2)21-13-19(9-5-7-11-29)15-23-25(21)31-28-24-16-20(10-6-8-12-30)14-22(18(3)4)26(24)32-27(23)33-28/h13-18,27-28H,5-12H2,1-4H3. The maximum atomic E-state index is 6.61. The summed E-state index contributed by atoms with van der Waals surface area (Å²) in [5, 5.41) is 0. The third-order valence-corrected chi connectivity index (χ3v) is 8.08. The van der Waals surface area contributed by atoms with Crippen molar-refractivity contribution in [2.24, 2.45) is 0 Å². The molecule has 0 amide bonds. The minimum atomic E-state index is -0.407. The van der Waals surface area contributed by atoms with Crippen LogP contribution in [0, 0.1) is 0 Å². The number of benzene rings is 2. The number of rotatable bonds is 10. The molecular formula is C28H36I2O3. The Morgan fingerprint density at radius 3 is 1.45 bits per heavy atom. The van der Waals surface area contributed by atoms with Gasteiger partial charge in [0.05, 0.1) is 11.1 Å². The van der Waals surface area contributed by atoms with E-state index < -0.39 is 12.6 Å². The zero-order valence-electron chi connectivity index (χ0n) is 20.3. The molecule has 0 fully saturated rings. The van der Waals surface area contributed by atoms with Gasteiger partial charge >= 0.3 is 0 Å². The van der Waals surface area contributed by atoms with Crippen molar-refractivity contribution in [2.45, 2.75) is 90.6 Å². The molecule has 0 aromatic heterocycles. The third-order valence-electron chi connectivity index (χ3n) is 6.56. The van der Waals surface area contributed by atoms with E-state index in [1.165, 1.54) is 56.8 Å². The zero-order valence-corrected chi connectivity index (χ0v) is 24.6. The lowest BCUT2D eigenvalue weighted by molar-refractivity contribution is -0.228. The van der Waals surface area contributed by atoms with E-state index in [0.29, 0.717) is 11.8 Å². The quantitative estimate of drug-likeness (QED) is 0.143. The van der Waals surface area contributed by atoms with Gasteiger partial charge in [0.2, 0.25) is 12.6 Å². The van der Waals surface area contributed by atoms with Crippen LogP contribution in [0.25, 0.3) is 0 Å². The molecule has 2 aromatic carbocycles. The van der Waals surface area contributed by atoms with Crippen LogP contribution < -0.4 is 9.47 Å². The summed E-state index contributed by atoms with van der Waals surface area (Å²) in [4.78, 5) is 0. The van der Waals surface area contributed by atoms with Crippen molar-refractivity contribution < 1.29 is 14.2 Å². The van der Waals surface area contributed by atoms with Gasteiger partial charge in [-0.1, -0.05) is 85.0 Å². The Morgan fingerprint density at radius 1 is 0.667 bits per heavy atom. The first-order chi connectivity index (χ1) is 15.9. The number of hydrogen-bond donors (Lipinski definition) is 0. The second kappa shape index (κ2) is 11.5. The molecule has 4 rings (SSSR count). The molecule has 2 aliphatic heterocycles. The monoisotopic (exact) mass is 674 g/mol. The molecule has 0 saturated heterocycles. The second-order valence-electron chi connectivity index (χ2n) is 9.84. The fourth-order valence-corrected chi connectivity index (χ4v) is 5.83. The summed E-state index contributed by atoms with van der Waals surface area (Å²) in [6, 6.07) is 9.21. The first-order valence-electron chi connectivity index (χ1n) is 12.4. The molecule has 0 saturated carbocycles. The molecule has 0 aliphatic carbocycles. The van der Waals surface area contributed by atoms with Crippen LogP contribution in [-0.4, -0.2) is 8.86 Å². The summed E-state index contributed by atoms with van der Waals surface area (Å²) in [6.07, 6.45) is 6.25. The van der Waals surface area contributed by atoms with Gasteiger partial charge in [-0.25, -0.2) is 0 Å². The Kier molecular flexibility index (Phi) is 8.88. The summed E-state index contributed by atoms with van der Waals surface area (Å²) in [7, 11) is 0. The molecule has 2 atom stereocenters. The zero-order chi connectivity index (χ0) is 23.5. The Morgan fingerprint density at radius 2 is 1.09 bits per heavy atom. The van der Waals surface area contributed by atoms with Gasteiger partial charge in [-0.05, 0) is 93.6 Å². The largest absolute Gasteiger partial charge is 0.459 e. The Balaban J connectivity index is 1.72. The first-order valence-corrected chi connectivity index (χ1v) is 15.4. The van der Waals surface area contributed by atoms with Crippen LogP contribution in [0.3, 0.4) is 0 Å². The normalized spacial score (nSPS) is 18.7. The van der Waals surface area contributed by atoms with Gasteiger partial charge < -0.3 is 9.47 Å². The molecule has 0 N–H and O–H groups in total. The molecule has 2 heterocycles. The lowest BCUT2D eigenvalue weighted by atomic mass is 9.91. The van der Waals surface area contributed by atoms with Crippen molar-refractivity contribution in [3.8, 4) is 11.5 Å². The highest BCUT2D eigenvalue weighted by atomic mass is 127. The molecule has 2 aliphatic rings. The highest BCUT2D eigenvalue weighted by Crippen LogP contribution is 2.52. The molecule has 0 radical (unpaired) electrons. The lowest BCUT2D eigenvalue weighted by Crippen LogP contribution is -2.32. The first kappa shape index (κ1) is 25.5. The smallest absolute Gasteiger partial charge is 0.233 e. The average molecular weight is 674 g/mol. The summed E-state index contributed by atoms with van der Waals surface area (Å²) in [6.45, 7) is 8.98. The summed E-state index contributed by atoms with van der Waals surface area (Å²) in [5.41, 5.74) is 7.35. The molecule has 0 spiro atoms. The number of fused-ring (bicyclic) bond motifs is 6. The maximum Gasteiger partial charge on any atom is 0.233 e. The van der Waals surface area contributed by atoms with Crippen molar-refractivity contribution in [3.05, 3.63) is 57.6 Å². The highest BCUT2D eigenvalue weighted by Gasteiger charge is 2.40. The van der Waals surface area contributed by atoms with Crippen LogP contribution in [0.4, 0.5) is 0 Å². The van der Waals surface area contributed by atoms with Crippen LogP contribution in [0.1, 0.15) is 111 Å². The predicted molar refractivity (Wildman–Crippen MR) is 153 cm³/mol. The highest BCUT2D eigenvalue weighted by molar-refractivity contribution is 14.1. The van der Waals surface area contributed by atoms with E-state index in [9.17, 15) is 0 Å². The summed E-state index contributed by atoms with van der Waals surface area (Å²) >= 11 is 4.92. The van der Waals surface area contributed by atoms with E-state index in [-0.39, 0.29) is 0 Å². The number of halogens is 2. The Bertz CT molecular complexity index is 893. The number of alkyl halides is 2. The van der Waals surface area contributed by atoms with Gasteiger partial charge in [-0.15, -0.1) is 0 Å². The van der Waals surface area contributed by atoms with Crippen molar-refractivity contribution in [1.82, 2.24) is 0 Å². The molecule has 3 nitrogen and oxygen atoms in total. The van der Waals surface area contributed by atoms with E-state index in [0.717, 1.165) is 35.5 Å².